The van der Waals surface area contributed by atoms with Crippen molar-refractivity contribution < 1.29 is 4.79 Å². The first kappa shape index (κ1) is 17.1. The first-order chi connectivity index (χ1) is 12.1. The average Bonchev–Trinajstić information content (AvgIpc) is 3.11. The fourth-order valence-corrected chi connectivity index (χ4v) is 3.62. The van der Waals surface area contributed by atoms with E-state index in [1.807, 2.05) is 18.2 Å². The van der Waals surface area contributed by atoms with Crippen LogP contribution in [-0.4, -0.2) is 16.6 Å². The van der Waals surface area contributed by atoms with E-state index in [9.17, 15) is 4.79 Å². The molecule has 5 nitrogen and oxygen atoms in total. The van der Waals surface area contributed by atoms with E-state index in [1.165, 1.54) is 12.8 Å². The van der Waals surface area contributed by atoms with Crippen LogP contribution >= 0.6 is 0 Å². The first-order valence-electron chi connectivity index (χ1n) is 8.73. The Labute approximate surface area is 148 Å². The van der Waals surface area contributed by atoms with E-state index in [0.29, 0.717) is 28.6 Å². The fraction of sp³-hybridized carbons (Fsp3) is 0.350. The summed E-state index contributed by atoms with van der Waals surface area (Å²) in [7, 11) is 0. The summed E-state index contributed by atoms with van der Waals surface area (Å²) >= 11 is 0. The smallest absolute Gasteiger partial charge is 0.233 e. The number of nitrogens with two attached hydrogens (primary N) is 1. The van der Waals surface area contributed by atoms with Crippen LogP contribution in [0.3, 0.4) is 0 Å². The number of amides is 1. The van der Waals surface area contributed by atoms with Gasteiger partial charge >= 0.3 is 0 Å². The molecule has 4 N–H and O–H groups in total. The lowest BCUT2D eigenvalue weighted by Gasteiger charge is -2.22. The van der Waals surface area contributed by atoms with Gasteiger partial charge in [0, 0.05) is 28.8 Å². The van der Waals surface area contributed by atoms with Crippen LogP contribution in [-0.2, 0) is 4.79 Å². The molecule has 1 fully saturated rings. The van der Waals surface area contributed by atoms with Gasteiger partial charge in [0.05, 0.1) is 11.6 Å². The Bertz CT molecular complexity index is 767. The SMILES string of the molecule is CC(=N)c1cc(NC(=O)C(c2ccccn2)C2CCCC2)ccc1N. The standard InChI is InChI=1S/C20H24N4O/c1-13(21)16-12-15(9-10-17(16)22)24-20(25)19(14-6-2-3-7-14)18-8-4-5-11-23-18/h4-5,8-12,14,19,21H,2-3,6-7,22H2,1H3,(H,24,25). The van der Waals surface area contributed by atoms with E-state index in [2.05, 4.69) is 10.3 Å². The summed E-state index contributed by atoms with van der Waals surface area (Å²) in [5, 5.41) is 10.8. The average molecular weight is 336 g/mol. The highest BCUT2D eigenvalue weighted by Gasteiger charge is 2.33. The highest BCUT2D eigenvalue weighted by Crippen LogP contribution is 2.37. The minimum atomic E-state index is -0.245. The van der Waals surface area contributed by atoms with E-state index in [-0.39, 0.29) is 11.8 Å². The Kier molecular flexibility index (Phi) is 5.12. The van der Waals surface area contributed by atoms with Gasteiger partial charge in [-0.2, -0.15) is 0 Å². The van der Waals surface area contributed by atoms with Gasteiger partial charge in [-0.25, -0.2) is 0 Å². The molecule has 130 valence electrons. The van der Waals surface area contributed by atoms with E-state index in [0.717, 1.165) is 18.5 Å². The molecule has 25 heavy (non-hydrogen) atoms. The topological polar surface area (TPSA) is 91.9 Å². The number of carbonyl (C=O) groups is 1. The fourth-order valence-electron chi connectivity index (χ4n) is 3.62. The van der Waals surface area contributed by atoms with Crippen molar-refractivity contribution in [3.63, 3.8) is 0 Å². The van der Waals surface area contributed by atoms with Gasteiger partial charge in [0.2, 0.25) is 5.91 Å². The molecular weight excluding hydrogens is 312 g/mol. The van der Waals surface area contributed by atoms with Crippen LogP contribution in [0.15, 0.2) is 42.6 Å². The van der Waals surface area contributed by atoms with Crippen molar-refractivity contribution >= 4 is 23.0 Å². The van der Waals surface area contributed by atoms with Gasteiger partial charge in [0.1, 0.15) is 0 Å². The van der Waals surface area contributed by atoms with Crippen LogP contribution in [0.4, 0.5) is 11.4 Å². The Balaban J connectivity index is 1.86. The number of benzene rings is 1. The van der Waals surface area contributed by atoms with Crippen molar-refractivity contribution in [2.45, 2.75) is 38.5 Å². The molecule has 1 unspecified atom stereocenters. The highest BCUT2D eigenvalue weighted by atomic mass is 16.1. The molecule has 0 aliphatic heterocycles. The maximum absolute atomic E-state index is 13.0. The molecule has 0 saturated heterocycles. The molecule has 1 aliphatic rings. The first-order valence-corrected chi connectivity index (χ1v) is 8.73. The van der Waals surface area contributed by atoms with Crippen molar-refractivity contribution in [3.8, 4) is 0 Å². The van der Waals surface area contributed by atoms with E-state index < -0.39 is 0 Å². The van der Waals surface area contributed by atoms with Crippen molar-refractivity contribution in [2.75, 3.05) is 11.1 Å². The molecular formula is C20H24N4O. The Morgan fingerprint density at radius 2 is 2.04 bits per heavy atom. The molecule has 1 heterocycles. The molecule has 0 radical (unpaired) electrons. The van der Waals surface area contributed by atoms with Gasteiger partial charge in [-0.1, -0.05) is 18.9 Å². The predicted molar refractivity (Wildman–Crippen MR) is 101 cm³/mol. The molecule has 1 aromatic carbocycles. The third-order valence-electron chi connectivity index (χ3n) is 4.88. The van der Waals surface area contributed by atoms with Crippen molar-refractivity contribution in [1.29, 1.82) is 5.41 Å². The molecule has 5 heteroatoms. The number of nitrogens with zero attached hydrogens (tertiary/aromatic N) is 1. The molecule has 1 amide bonds. The van der Waals surface area contributed by atoms with Gasteiger partial charge in [0.15, 0.2) is 0 Å². The van der Waals surface area contributed by atoms with Crippen molar-refractivity contribution in [1.82, 2.24) is 4.98 Å². The summed E-state index contributed by atoms with van der Waals surface area (Å²) in [4.78, 5) is 17.5. The van der Waals surface area contributed by atoms with Gasteiger partial charge in [-0.05, 0) is 56.0 Å². The third kappa shape index (κ3) is 3.87. The molecule has 0 spiro atoms. The monoisotopic (exact) mass is 336 g/mol. The van der Waals surface area contributed by atoms with Gasteiger partial charge < -0.3 is 16.5 Å². The second-order valence-electron chi connectivity index (χ2n) is 6.69. The molecule has 0 bridgehead atoms. The Hall–Kier alpha value is -2.69. The summed E-state index contributed by atoms with van der Waals surface area (Å²) in [5.41, 5.74) is 8.97. The maximum Gasteiger partial charge on any atom is 0.233 e. The lowest BCUT2D eigenvalue weighted by Crippen LogP contribution is -2.27. The lowest BCUT2D eigenvalue weighted by atomic mass is 9.87. The molecule has 1 aromatic heterocycles. The molecule has 1 atom stereocenters. The largest absolute Gasteiger partial charge is 0.398 e. The van der Waals surface area contributed by atoms with E-state index in [4.69, 9.17) is 11.1 Å². The number of nitrogen functional groups attached to an aromatic ring is 1. The van der Waals surface area contributed by atoms with E-state index >= 15 is 0 Å². The number of carbonyl (C=O) groups excluding carboxylic acids is 1. The summed E-state index contributed by atoms with van der Waals surface area (Å²) in [5.74, 6) is 0.0439. The number of hydrogen-bond acceptors (Lipinski definition) is 4. The number of rotatable bonds is 5. The number of pyridine rings is 1. The summed E-state index contributed by atoms with van der Waals surface area (Å²) in [6, 6.07) is 11.0. The molecule has 3 rings (SSSR count). The molecule has 1 aliphatic carbocycles. The number of aromatic nitrogens is 1. The number of anilines is 2. The van der Waals surface area contributed by atoms with Crippen LogP contribution in [0, 0.1) is 11.3 Å². The van der Waals surface area contributed by atoms with Crippen molar-refractivity contribution in [2.24, 2.45) is 5.92 Å². The van der Waals surface area contributed by atoms with Crippen LogP contribution in [0.1, 0.15) is 49.8 Å². The van der Waals surface area contributed by atoms with Crippen molar-refractivity contribution in [3.05, 3.63) is 53.9 Å². The molecule has 1 saturated carbocycles. The second-order valence-corrected chi connectivity index (χ2v) is 6.69. The lowest BCUT2D eigenvalue weighted by molar-refractivity contribution is -0.118. The molecule has 2 aromatic rings. The summed E-state index contributed by atoms with van der Waals surface area (Å²) < 4.78 is 0. The maximum atomic E-state index is 13.0. The van der Waals surface area contributed by atoms with E-state index in [1.54, 1.807) is 31.3 Å². The Morgan fingerprint density at radius 1 is 1.28 bits per heavy atom. The minimum Gasteiger partial charge on any atom is -0.398 e. The highest BCUT2D eigenvalue weighted by molar-refractivity contribution is 6.03. The third-order valence-corrected chi connectivity index (χ3v) is 4.88. The van der Waals surface area contributed by atoms with Gasteiger partial charge in [-0.15, -0.1) is 0 Å². The van der Waals surface area contributed by atoms with Crippen LogP contribution in [0.25, 0.3) is 0 Å². The normalized spacial score (nSPS) is 15.7. The second kappa shape index (κ2) is 7.47. The number of hydrogen-bond donors (Lipinski definition) is 3. The van der Waals surface area contributed by atoms with Gasteiger partial charge in [0.25, 0.3) is 0 Å². The van der Waals surface area contributed by atoms with Crippen LogP contribution in [0.5, 0.6) is 0 Å². The quantitative estimate of drug-likeness (QED) is 0.570. The zero-order valence-corrected chi connectivity index (χ0v) is 14.5. The Morgan fingerprint density at radius 3 is 2.68 bits per heavy atom. The van der Waals surface area contributed by atoms with Gasteiger partial charge in [-0.3, -0.25) is 9.78 Å². The number of nitrogens with one attached hydrogen (secondary N) is 2. The minimum absolute atomic E-state index is 0.0380. The zero-order chi connectivity index (χ0) is 17.8. The summed E-state index contributed by atoms with van der Waals surface area (Å²) in [6.45, 7) is 1.69. The van der Waals surface area contributed by atoms with Crippen LogP contribution in [0.2, 0.25) is 0 Å². The summed E-state index contributed by atoms with van der Waals surface area (Å²) in [6.07, 6.45) is 6.19. The van der Waals surface area contributed by atoms with Crippen LogP contribution < -0.4 is 11.1 Å². The predicted octanol–water partition coefficient (Wildman–Crippen LogP) is 3.96. The zero-order valence-electron chi connectivity index (χ0n) is 14.5.